The van der Waals surface area contributed by atoms with E-state index in [-0.39, 0.29) is 5.75 Å². The van der Waals surface area contributed by atoms with Gasteiger partial charge in [0.05, 0.1) is 0 Å². The van der Waals surface area contributed by atoms with Gasteiger partial charge in [-0.05, 0) is 81.1 Å². The molecular formula is C21H27O4P. The first kappa shape index (κ1) is 18.0. The van der Waals surface area contributed by atoms with Gasteiger partial charge in [0, 0.05) is 5.92 Å². The maximum atomic E-state index is 11.2. The Morgan fingerprint density at radius 3 is 2.77 bits per heavy atom. The molecule has 2 bridgehead atoms. The molecule has 1 aromatic rings. The molecule has 2 unspecified atom stereocenters. The molecule has 0 aliphatic heterocycles. The van der Waals surface area contributed by atoms with Crippen LogP contribution in [-0.2, 0) is 4.57 Å². The van der Waals surface area contributed by atoms with Gasteiger partial charge >= 0.3 is 7.82 Å². The number of hydrogen-bond acceptors (Lipinski definition) is 2. The van der Waals surface area contributed by atoms with Gasteiger partial charge in [-0.3, -0.25) is 9.79 Å². The van der Waals surface area contributed by atoms with Crippen LogP contribution in [0.5, 0.6) is 5.75 Å². The number of hydrogen-bond donors (Lipinski definition) is 2. The monoisotopic (exact) mass is 374 g/mol. The number of allylic oxidation sites excluding steroid dienone is 4. The molecular weight excluding hydrogens is 347 g/mol. The van der Waals surface area contributed by atoms with Gasteiger partial charge in [-0.15, -0.1) is 0 Å². The molecule has 0 saturated heterocycles. The summed E-state index contributed by atoms with van der Waals surface area (Å²) in [6, 6.07) is 7.20. The highest BCUT2D eigenvalue weighted by Crippen LogP contribution is 2.53. The molecule has 0 radical (unpaired) electrons. The van der Waals surface area contributed by atoms with E-state index in [0.29, 0.717) is 11.8 Å². The van der Waals surface area contributed by atoms with Crippen molar-refractivity contribution in [1.29, 1.82) is 0 Å². The van der Waals surface area contributed by atoms with Crippen LogP contribution >= 0.6 is 7.82 Å². The Balaban J connectivity index is 1.73. The van der Waals surface area contributed by atoms with E-state index < -0.39 is 7.82 Å². The van der Waals surface area contributed by atoms with E-state index in [2.05, 4.69) is 6.92 Å². The molecule has 0 aromatic heterocycles. The van der Waals surface area contributed by atoms with Crippen molar-refractivity contribution in [3.05, 3.63) is 46.5 Å². The van der Waals surface area contributed by atoms with Gasteiger partial charge in [0.2, 0.25) is 0 Å². The number of rotatable bonds is 3. The van der Waals surface area contributed by atoms with Crippen molar-refractivity contribution in [3.8, 4) is 5.75 Å². The molecule has 0 heterocycles. The molecule has 3 aliphatic carbocycles. The van der Waals surface area contributed by atoms with Gasteiger partial charge in [-0.1, -0.05) is 35.3 Å². The third-order valence-corrected chi connectivity index (χ3v) is 6.78. The predicted octanol–water partition coefficient (Wildman–Crippen LogP) is 5.62. The second-order valence-corrected chi connectivity index (χ2v) is 9.07. The summed E-state index contributed by atoms with van der Waals surface area (Å²) in [5.41, 5.74) is 7.31. The Bertz CT molecular complexity index is 817. The summed E-state index contributed by atoms with van der Waals surface area (Å²) in [4.78, 5) is 18.2. The minimum atomic E-state index is -4.53. The Labute approximate surface area is 155 Å². The maximum absolute atomic E-state index is 11.2. The molecule has 5 heteroatoms. The predicted molar refractivity (Wildman–Crippen MR) is 103 cm³/mol. The molecule has 1 fully saturated rings. The topological polar surface area (TPSA) is 66.8 Å². The molecule has 26 heavy (non-hydrogen) atoms. The van der Waals surface area contributed by atoms with Crippen molar-refractivity contribution in [3.63, 3.8) is 0 Å². The summed E-state index contributed by atoms with van der Waals surface area (Å²) >= 11 is 0. The summed E-state index contributed by atoms with van der Waals surface area (Å²) in [6.07, 6.45) is 10.3. The second-order valence-electron chi connectivity index (χ2n) is 7.91. The third-order valence-electron chi connectivity index (χ3n) is 6.33. The van der Waals surface area contributed by atoms with Crippen LogP contribution < -0.4 is 4.52 Å². The molecule has 2 N–H and O–H groups in total. The average Bonchev–Trinajstić information content (AvgIpc) is 2.59. The first-order chi connectivity index (χ1) is 12.4. The van der Waals surface area contributed by atoms with E-state index >= 15 is 0 Å². The quantitative estimate of drug-likeness (QED) is 0.532. The van der Waals surface area contributed by atoms with E-state index in [1.54, 1.807) is 28.9 Å². The lowest BCUT2D eigenvalue weighted by atomic mass is 9.61. The summed E-state index contributed by atoms with van der Waals surface area (Å²) in [7, 11) is -4.53. The zero-order valence-corrected chi connectivity index (χ0v) is 16.2. The van der Waals surface area contributed by atoms with Crippen LogP contribution in [0.25, 0.3) is 5.57 Å². The summed E-state index contributed by atoms with van der Waals surface area (Å²) in [5, 5.41) is 0. The summed E-state index contributed by atoms with van der Waals surface area (Å²) in [6.45, 7) is 2.17. The SMILES string of the molecule is CC(=C1C2CCCC1C1=C(CCCC1)C2)c1cccc(OP(=O)(O)O)c1. The minimum Gasteiger partial charge on any atom is -0.404 e. The molecule has 0 amide bonds. The van der Waals surface area contributed by atoms with Crippen molar-refractivity contribution in [2.45, 2.75) is 58.3 Å². The first-order valence-corrected chi connectivity index (χ1v) is 11.2. The highest BCUT2D eigenvalue weighted by atomic mass is 31.2. The first-order valence-electron chi connectivity index (χ1n) is 9.69. The lowest BCUT2D eigenvalue weighted by Crippen LogP contribution is -2.29. The average molecular weight is 374 g/mol. The number of phosphoric acid groups is 1. The Morgan fingerprint density at radius 2 is 1.96 bits per heavy atom. The van der Waals surface area contributed by atoms with Gasteiger partial charge in [-0.2, -0.15) is 0 Å². The molecule has 0 spiro atoms. The second kappa shape index (κ2) is 6.99. The lowest BCUT2D eigenvalue weighted by molar-refractivity contribution is 0.283. The van der Waals surface area contributed by atoms with Crippen LogP contribution in [0.2, 0.25) is 0 Å². The van der Waals surface area contributed by atoms with Gasteiger partial charge < -0.3 is 4.52 Å². The molecule has 4 rings (SSSR count). The number of phosphoric ester groups is 1. The van der Waals surface area contributed by atoms with E-state index in [0.717, 1.165) is 5.56 Å². The summed E-state index contributed by atoms with van der Waals surface area (Å²) < 4.78 is 15.9. The van der Waals surface area contributed by atoms with Crippen LogP contribution in [0.15, 0.2) is 41.0 Å². The van der Waals surface area contributed by atoms with Crippen LogP contribution in [0.1, 0.15) is 63.9 Å². The standard InChI is InChI=1S/C21H27O4P/c1-14(15-7-4-9-18(13-15)25-26(22,23)24)21-17-8-5-11-20(21)19-10-3-2-6-16(19)12-17/h4,7,9,13,17,20H,2-3,5-6,8,10-12H2,1H3,(H2,22,23,24). The van der Waals surface area contributed by atoms with Crippen molar-refractivity contribution < 1.29 is 18.9 Å². The zero-order valence-electron chi connectivity index (χ0n) is 15.3. The summed E-state index contributed by atoms with van der Waals surface area (Å²) in [5.74, 6) is 1.45. The van der Waals surface area contributed by atoms with E-state index in [4.69, 9.17) is 14.3 Å². The van der Waals surface area contributed by atoms with Crippen molar-refractivity contribution in [1.82, 2.24) is 0 Å². The van der Waals surface area contributed by atoms with E-state index in [1.165, 1.54) is 56.9 Å². The smallest absolute Gasteiger partial charge is 0.404 e. The Hall–Kier alpha value is -1.35. The molecule has 3 aliphatic rings. The van der Waals surface area contributed by atoms with Gasteiger partial charge in [0.15, 0.2) is 0 Å². The van der Waals surface area contributed by atoms with Crippen LogP contribution in [0, 0.1) is 11.8 Å². The van der Waals surface area contributed by atoms with Crippen molar-refractivity contribution in [2.75, 3.05) is 0 Å². The lowest BCUT2D eigenvalue weighted by Gasteiger charge is -2.43. The van der Waals surface area contributed by atoms with Gasteiger partial charge in [0.25, 0.3) is 0 Å². The Kier molecular flexibility index (Phi) is 4.85. The molecule has 4 nitrogen and oxygen atoms in total. The largest absolute Gasteiger partial charge is 0.524 e. The van der Waals surface area contributed by atoms with Gasteiger partial charge in [-0.25, -0.2) is 4.57 Å². The molecule has 1 saturated carbocycles. The van der Waals surface area contributed by atoms with E-state index in [9.17, 15) is 4.57 Å². The number of benzene rings is 1. The fraction of sp³-hybridized carbons (Fsp3) is 0.524. The van der Waals surface area contributed by atoms with E-state index in [1.807, 2.05) is 12.1 Å². The maximum Gasteiger partial charge on any atom is 0.524 e. The Morgan fingerprint density at radius 1 is 1.15 bits per heavy atom. The normalized spacial score (nSPS) is 27.8. The molecule has 140 valence electrons. The van der Waals surface area contributed by atoms with Gasteiger partial charge in [0.1, 0.15) is 5.75 Å². The number of fused-ring (bicyclic) bond motifs is 3. The minimum absolute atomic E-state index is 0.231. The van der Waals surface area contributed by atoms with Crippen molar-refractivity contribution in [2.24, 2.45) is 11.8 Å². The van der Waals surface area contributed by atoms with Crippen LogP contribution in [0.3, 0.4) is 0 Å². The van der Waals surface area contributed by atoms with Crippen LogP contribution in [-0.4, -0.2) is 9.79 Å². The highest BCUT2D eigenvalue weighted by Gasteiger charge is 2.38. The molecule has 2 atom stereocenters. The fourth-order valence-corrected chi connectivity index (χ4v) is 5.73. The fourth-order valence-electron chi connectivity index (χ4n) is 5.34. The van der Waals surface area contributed by atoms with Crippen molar-refractivity contribution >= 4 is 13.4 Å². The highest BCUT2D eigenvalue weighted by molar-refractivity contribution is 7.46. The molecule has 1 aromatic carbocycles. The zero-order chi connectivity index (χ0) is 18.3. The van der Waals surface area contributed by atoms with Crippen LogP contribution in [0.4, 0.5) is 0 Å². The third kappa shape index (κ3) is 3.55.